The molecule has 0 bridgehead atoms. The van der Waals surface area contributed by atoms with Gasteiger partial charge in [0.05, 0.1) is 0 Å². The van der Waals surface area contributed by atoms with Crippen molar-refractivity contribution in [2.75, 3.05) is 0 Å². The fourth-order valence-electron chi connectivity index (χ4n) is 1.06. The zero-order valence-corrected chi connectivity index (χ0v) is 14.4. The van der Waals surface area contributed by atoms with Crippen molar-refractivity contribution in [3.63, 3.8) is 0 Å². The molecular weight excluding hydrogens is 449 g/mol. The molecule has 0 aliphatic rings. The molecule has 2 rings (SSSR count). The molecule has 2 aromatic carbocycles. The number of rotatable bonds is 0. The van der Waals surface area contributed by atoms with Crippen molar-refractivity contribution in [1.82, 2.24) is 0 Å². The van der Waals surface area contributed by atoms with Gasteiger partial charge in [0.1, 0.15) is 0 Å². The maximum absolute atomic E-state index is 12.5. The molecule has 0 N–H and O–H groups in total. The Labute approximate surface area is 148 Å². The summed E-state index contributed by atoms with van der Waals surface area (Å²) >= 11 is 6.13. The third-order valence-electron chi connectivity index (χ3n) is 1.94. The molecule has 2 nitrogen and oxygen atoms in total. The van der Waals surface area contributed by atoms with Crippen LogP contribution in [0.3, 0.4) is 0 Å². The Balaban J connectivity index is 0.000000364. The molecular formula is C14H4Br2F2MnN2. The van der Waals surface area contributed by atoms with E-state index in [0.29, 0.717) is 8.95 Å². The molecule has 2 aromatic rings. The largest absolute Gasteiger partial charge is 2.00 e. The molecule has 105 valence electrons. The number of hydrogen-bond donors (Lipinski definition) is 0. The molecule has 21 heavy (non-hydrogen) atoms. The topological polar surface area (TPSA) is 47.6 Å². The van der Waals surface area contributed by atoms with Crippen LogP contribution in [0.2, 0.25) is 0 Å². The van der Waals surface area contributed by atoms with Crippen LogP contribution >= 0.6 is 31.9 Å². The molecule has 0 fully saturated rings. The first kappa shape index (κ1) is 19.8. The Morgan fingerprint density at radius 2 is 1.14 bits per heavy atom. The Bertz CT molecular complexity index is 648. The summed E-state index contributed by atoms with van der Waals surface area (Å²) in [6.07, 6.45) is 0. The molecule has 0 saturated heterocycles. The fourth-order valence-corrected chi connectivity index (χ4v) is 1.72. The number of hydrogen-bond acceptors (Lipinski definition) is 2. The van der Waals surface area contributed by atoms with Crippen molar-refractivity contribution in [2.45, 2.75) is 0 Å². The van der Waals surface area contributed by atoms with Crippen LogP contribution in [0.1, 0.15) is 11.1 Å². The van der Waals surface area contributed by atoms with Crippen LogP contribution < -0.4 is 0 Å². The van der Waals surface area contributed by atoms with Crippen LogP contribution in [0.25, 0.3) is 0 Å². The minimum absolute atomic E-state index is 0. The summed E-state index contributed by atoms with van der Waals surface area (Å²) in [5.41, 5.74) is -0.122. The first-order valence-electron chi connectivity index (χ1n) is 5.02. The second-order valence-corrected chi connectivity index (χ2v) is 4.99. The van der Waals surface area contributed by atoms with Gasteiger partial charge < -0.3 is 0 Å². The molecule has 0 aliphatic carbocycles. The van der Waals surface area contributed by atoms with E-state index in [2.05, 4.69) is 44.0 Å². The predicted molar refractivity (Wildman–Crippen MR) is 75.3 cm³/mol. The third kappa shape index (κ3) is 6.37. The summed E-state index contributed by atoms with van der Waals surface area (Å²) in [4.78, 5) is 0. The monoisotopic (exact) mass is 451 g/mol. The molecule has 0 saturated carbocycles. The van der Waals surface area contributed by atoms with Crippen molar-refractivity contribution < 1.29 is 25.8 Å². The normalized spacial score (nSPS) is 8.48. The summed E-state index contributed by atoms with van der Waals surface area (Å²) in [7, 11) is 0. The van der Waals surface area contributed by atoms with Gasteiger partial charge in [0.15, 0.2) is 0 Å². The Hall–Kier alpha value is -1.24. The number of benzene rings is 2. The van der Waals surface area contributed by atoms with E-state index >= 15 is 0 Å². The summed E-state index contributed by atoms with van der Waals surface area (Å²) in [6.45, 7) is 0. The minimum atomic E-state index is -0.536. The van der Waals surface area contributed by atoms with Crippen molar-refractivity contribution in [1.29, 1.82) is 10.5 Å². The van der Waals surface area contributed by atoms with E-state index in [4.69, 9.17) is 10.5 Å². The molecule has 0 aromatic heterocycles. The van der Waals surface area contributed by atoms with E-state index < -0.39 is 11.6 Å². The average molecular weight is 453 g/mol. The Morgan fingerprint density at radius 1 is 0.810 bits per heavy atom. The molecule has 0 amide bonds. The smallest absolute Gasteiger partial charge is 0.265 e. The van der Waals surface area contributed by atoms with Crippen LogP contribution in [0.5, 0.6) is 0 Å². The van der Waals surface area contributed by atoms with Crippen molar-refractivity contribution >= 4 is 31.9 Å². The van der Waals surface area contributed by atoms with Gasteiger partial charge in [-0.1, -0.05) is 40.8 Å². The van der Waals surface area contributed by atoms with Gasteiger partial charge in [-0.2, -0.15) is 0 Å². The summed E-state index contributed by atoms with van der Waals surface area (Å²) in [5, 5.41) is 16.6. The first-order valence-corrected chi connectivity index (χ1v) is 6.61. The zero-order valence-electron chi connectivity index (χ0n) is 10.1. The molecule has 0 atom stereocenters. The maximum Gasteiger partial charge on any atom is 2.00 e. The van der Waals surface area contributed by atoms with E-state index in [0.717, 1.165) is 0 Å². The standard InChI is InChI=1S/2C7H2BrFN.Mn/c2*8-6-1-2-7(9)5(3-6)4-10;/h2*1-2H;/q2*-1;+2. The second kappa shape index (κ2) is 9.65. The van der Waals surface area contributed by atoms with E-state index in [1.807, 2.05) is 0 Å². The van der Waals surface area contributed by atoms with Crippen molar-refractivity contribution in [2.24, 2.45) is 0 Å². The van der Waals surface area contributed by atoms with E-state index in [-0.39, 0.29) is 28.2 Å². The molecule has 0 aliphatic heterocycles. The minimum Gasteiger partial charge on any atom is -0.265 e. The van der Waals surface area contributed by atoms with Crippen molar-refractivity contribution in [3.8, 4) is 12.1 Å². The number of nitrogens with zero attached hydrogens (tertiary/aromatic N) is 2. The van der Waals surface area contributed by atoms with Gasteiger partial charge >= 0.3 is 17.1 Å². The van der Waals surface area contributed by atoms with Gasteiger partial charge in [-0.25, -0.2) is 0 Å². The molecule has 0 unspecified atom stereocenters. The summed E-state index contributed by atoms with van der Waals surface area (Å²) in [5.74, 6) is -1.07. The SMILES string of the molecule is N#Cc1[c-]c(Br)ccc1F.N#Cc1[c-]c(Br)ccc1F.[Mn+2]. The van der Waals surface area contributed by atoms with Gasteiger partial charge in [0.2, 0.25) is 0 Å². The second-order valence-electron chi connectivity index (χ2n) is 3.28. The average Bonchev–Trinajstić information content (AvgIpc) is 2.44. The van der Waals surface area contributed by atoms with Crippen molar-refractivity contribution in [3.05, 3.63) is 68.1 Å². The van der Waals surface area contributed by atoms with Gasteiger partial charge in [0, 0.05) is 11.6 Å². The predicted octanol–water partition coefficient (Wildman–Crippen LogP) is 4.52. The zero-order chi connectivity index (χ0) is 15.1. The Morgan fingerprint density at radius 3 is 1.38 bits per heavy atom. The first-order chi connectivity index (χ1) is 9.47. The Kier molecular flexibility index (Phi) is 9.08. The van der Waals surface area contributed by atoms with Gasteiger partial charge in [0.25, 0.3) is 0 Å². The summed E-state index contributed by atoms with van der Waals surface area (Å²) in [6, 6.07) is 13.8. The maximum atomic E-state index is 12.5. The van der Waals surface area contributed by atoms with Crippen LogP contribution in [0, 0.1) is 46.4 Å². The quantitative estimate of drug-likeness (QED) is 0.436. The van der Waals surface area contributed by atoms with E-state index in [1.54, 1.807) is 12.1 Å². The summed E-state index contributed by atoms with van der Waals surface area (Å²) < 4.78 is 26.2. The molecule has 0 spiro atoms. The number of nitriles is 2. The fraction of sp³-hybridized carbons (Fsp3) is 0. The molecule has 7 heteroatoms. The number of halogens is 4. The van der Waals surface area contributed by atoms with E-state index in [9.17, 15) is 8.78 Å². The van der Waals surface area contributed by atoms with Crippen LogP contribution in [-0.4, -0.2) is 0 Å². The molecule has 0 heterocycles. The van der Waals surface area contributed by atoms with Crippen LogP contribution in [-0.2, 0) is 17.1 Å². The molecule has 1 radical (unpaired) electrons. The van der Waals surface area contributed by atoms with Gasteiger partial charge in [-0.15, -0.1) is 36.4 Å². The third-order valence-corrected chi connectivity index (χ3v) is 2.87. The van der Waals surface area contributed by atoms with Crippen LogP contribution in [0.15, 0.2) is 33.2 Å². The van der Waals surface area contributed by atoms with E-state index in [1.165, 1.54) is 24.3 Å². The van der Waals surface area contributed by atoms with Gasteiger partial charge in [-0.05, 0) is 23.3 Å². The van der Waals surface area contributed by atoms with Gasteiger partial charge in [-0.3, -0.25) is 19.3 Å². The van der Waals surface area contributed by atoms with Crippen LogP contribution in [0.4, 0.5) is 8.78 Å².